The van der Waals surface area contributed by atoms with Crippen LogP contribution in [0.5, 0.6) is 0 Å². The number of aliphatic hydroxyl groups excluding tert-OH is 3. The molecule has 0 aromatic rings. The van der Waals surface area contributed by atoms with Crippen molar-refractivity contribution in [1.29, 1.82) is 0 Å². The molecule has 1 heterocycles. The smallest absolute Gasteiger partial charge is 0.306 e. The predicted octanol–water partition coefficient (Wildman–Crippen LogP) is 9.78. The van der Waals surface area contributed by atoms with E-state index in [0.29, 0.717) is 12.8 Å². The molecule has 0 aromatic heterocycles. The van der Waals surface area contributed by atoms with Crippen molar-refractivity contribution in [3.63, 3.8) is 0 Å². The van der Waals surface area contributed by atoms with Gasteiger partial charge in [-0.15, -0.1) is 0 Å². The normalized spacial score (nSPS) is 20.4. The molecule has 12 nitrogen and oxygen atoms in total. The number of carbonyl (C=O) groups is 2. The first kappa shape index (κ1) is 55.9. The van der Waals surface area contributed by atoms with Crippen LogP contribution in [-0.4, -0.2) is 96.0 Å². The Morgan fingerprint density at radius 3 is 1.52 bits per heavy atom. The van der Waals surface area contributed by atoms with Gasteiger partial charge in [-0.25, -0.2) is 0 Å². The summed E-state index contributed by atoms with van der Waals surface area (Å²) in [5.74, 6) is -1.99. The lowest BCUT2D eigenvalue weighted by atomic mass is 10.00. The first-order chi connectivity index (χ1) is 29.0. The van der Waals surface area contributed by atoms with Crippen molar-refractivity contribution in [3.05, 3.63) is 36.5 Å². The summed E-state index contributed by atoms with van der Waals surface area (Å²) in [5, 5.41) is 30.9. The number of allylic oxidation sites excluding steroid dienone is 6. The lowest BCUT2D eigenvalue weighted by Gasteiger charge is -2.40. The van der Waals surface area contributed by atoms with Crippen molar-refractivity contribution in [1.82, 2.24) is 0 Å². The van der Waals surface area contributed by atoms with Gasteiger partial charge >= 0.3 is 11.9 Å². The third kappa shape index (κ3) is 31.7. The number of aliphatic hydroxyl groups is 3. The summed E-state index contributed by atoms with van der Waals surface area (Å²) in [6, 6.07) is 0. The highest BCUT2D eigenvalue weighted by atomic mass is 32.2. The van der Waals surface area contributed by atoms with Gasteiger partial charge in [0.1, 0.15) is 36.8 Å². The van der Waals surface area contributed by atoms with Crippen LogP contribution in [0.3, 0.4) is 0 Å². The molecule has 4 N–H and O–H groups in total. The largest absolute Gasteiger partial charge is 0.462 e. The van der Waals surface area contributed by atoms with Gasteiger partial charge in [0.05, 0.1) is 6.61 Å². The molecule has 0 amide bonds. The molecule has 0 radical (unpaired) electrons. The lowest BCUT2D eigenvalue weighted by molar-refractivity contribution is -0.297. The number of rotatable bonds is 39. The molecule has 1 fully saturated rings. The molecule has 1 rings (SSSR count). The first-order valence-corrected chi connectivity index (χ1v) is 25.2. The fraction of sp³-hybridized carbons (Fsp3) is 0.830. The highest BCUT2D eigenvalue weighted by molar-refractivity contribution is 7.85. The molecule has 1 aliphatic rings. The summed E-state index contributed by atoms with van der Waals surface area (Å²) in [5.41, 5.74) is 0. The zero-order valence-corrected chi connectivity index (χ0v) is 38.1. The maximum Gasteiger partial charge on any atom is 0.306 e. The number of unbranched alkanes of at least 4 members (excludes halogenated alkanes) is 21. The molecule has 0 spiro atoms. The minimum atomic E-state index is -4.60. The maximum absolute atomic E-state index is 12.8. The van der Waals surface area contributed by atoms with Crippen molar-refractivity contribution >= 4 is 22.1 Å². The van der Waals surface area contributed by atoms with Crippen LogP contribution in [0, 0.1) is 0 Å². The zero-order valence-electron chi connectivity index (χ0n) is 37.3. The zero-order chi connectivity index (χ0) is 44.1. The number of carbonyl (C=O) groups excluding carboxylic acids is 2. The van der Waals surface area contributed by atoms with E-state index in [4.69, 9.17) is 18.9 Å². The Hall–Kier alpha value is -2.13. The average molecular weight is 873 g/mol. The minimum Gasteiger partial charge on any atom is -0.462 e. The average Bonchev–Trinajstić information content (AvgIpc) is 3.21. The monoisotopic (exact) mass is 873 g/mol. The second-order valence-corrected chi connectivity index (χ2v) is 17.9. The third-order valence-corrected chi connectivity index (χ3v) is 11.5. The summed E-state index contributed by atoms with van der Waals surface area (Å²) < 4.78 is 54.1. The fourth-order valence-electron chi connectivity index (χ4n) is 7.04. The number of esters is 2. The number of ether oxygens (including phenoxy) is 4. The van der Waals surface area contributed by atoms with Crippen LogP contribution in [0.1, 0.15) is 194 Å². The van der Waals surface area contributed by atoms with Gasteiger partial charge in [-0.05, 0) is 51.4 Å². The molecule has 1 saturated heterocycles. The van der Waals surface area contributed by atoms with Crippen LogP contribution in [-0.2, 0) is 38.7 Å². The molecule has 0 saturated carbocycles. The molecule has 6 atom stereocenters. The fourth-order valence-corrected chi connectivity index (χ4v) is 7.73. The molecule has 0 bridgehead atoms. The second-order valence-electron chi connectivity index (χ2n) is 16.4. The topological polar surface area (TPSA) is 186 Å². The Morgan fingerprint density at radius 2 is 1.00 bits per heavy atom. The molecule has 0 aliphatic carbocycles. The number of hydrogen-bond donors (Lipinski definition) is 4. The van der Waals surface area contributed by atoms with E-state index in [0.717, 1.165) is 70.6 Å². The molecule has 350 valence electrons. The first-order valence-electron chi connectivity index (χ1n) is 23.5. The molecule has 6 unspecified atom stereocenters. The molecular weight excluding hydrogens is 789 g/mol. The summed E-state index contributed by atoms with van der Waals surface area (Å²) in [6.45, 7) is 3.73. The summed E-state index contributed by atoms with van der Waals surface area (Å²) in [6.07, 6.45) is 33.2. The van der Waals surface area contributed by atoms with E-state index >= 15 is 0 Å². The van der Waals surface area contributed by atoms with Crippen molar-refractivity contribution in [2.24, 2.45) is 0 Å². The van der Waals surface area contributed by atoms with E-state index in [1.807, 2.05) is 0 Å². The summed E-state index contributed by atoms with van der Waals surface area (Å²) >= 11 is 0. The molecule has 1 aliphatic heterocycles. The van der Waals surface area contributed by atoms with Crippen LogP contribution in [0.25, 0.3) is 0 Å². The van der Waals surface area contributed by atoms with Gasteiger partial charge in [0.15, 0.2) is 12.4 Å². The Morgan fingerprint density at radius 1 is 0.567 bits per heavy atom. The van der Waals surface area contributed by atoms with E-state index in [9.17, 15) is 37.9 Å². The van der Waals surface area contributed by atoms with E-state index in [-0.39, 0.29) is 19.4 Å². The summed E-state index contributed by atoms with van der Waals surface area (Å²) in [7, 11) is -4.60. The van der Waals surface area contributed by atoms with Gasteiger partial charge in [0, 0.05) is 12.8 Å². The molecule has 60 heavy (non-hydrogen) atoms. The van der Waals surface area contributed by atoms with E-state index in [1.165, 1.54) is 83.5 Å². The van der Waals surface area contributed by atoms with Gasteiger partial charge < -0.3 is 34.3 Å². The van der Waals surface area contributed by atoms with Crippen LogP contribution < -0.4 is 0 Å². The van der Waals surface area contributed by atoms with Gasteiger partial charge in [0.2, 0.25) is 0 Å². The lowest BCUT2D eigenvalue weighted by Crippen LogP contribution is -2.60. The van der Waals surface area contributed by atoms with Crippen molar-refractivity contribution < 1.29 is 56.8 Å². The quantitative estimate of drug-likeness (QED) is 0.0199. The van der Waals surface area contributed by atoms with E-state index in [2.05, 4.69) is 50.3 Å². The highest BCUT2D eigenvalue weighted by Crippen LogP contribution is 2.24. The highest BCUT2D eigenvalue weighted by Gasteiger charge is 2.46. The van der Waals surface area contributed by atoms with E-state index < -0.39 is 71.2 Å². The maximum atomic E-state index is 12.8. The third-order valence-electron chi connectivity index (χ3n) is 10.7. The second kappa shape index (κ2) is 37.4. The predicted molar refractivity (Wildman–Crippen MR) is 238 cm³/mol. The Labute approximate surface area is 363 Å². The molecule has 13 heteroatoms. The minimum absolute atomic E-state index is 0.151. The number of hydrogen-bond acceptors (Lipinski definition) is 11. The van der Waals surface area contributed by atoms with Crippen molar-refractivity contribution in [2.75, 3.05) is 19.0 Å². The Kier molecular flexibility index (Phi) is 34.9. The van der Waals surface area contributed by atoms with Gasteiger partial charge in [-0.2, -0.15) is 8.42 Å². The van der Waals surface area contributed by atoms with E-state index in [1.54, 1.807) is 0 Å². The molecular formula is C47H84O12S. The Bertz CT molecular complexity index is 1250. The summed E-state index contributed by atoms with van der Waals surface area (Å²) in [4.78, 5) is 25.4. The van der Waals surface area contributed by atoms with Crippen molar-refractivity contribution in [2.45, 2.75) is 230 Å². The van der Waals surface area contributed by atoms with Gasteiger partial charge in [0.25, 0.3) is 10.1 Å². The van der Waals surface area contributed by atoms with Gasteiger partial charge in [-0.1, -0.05) is 166 Å². The van der Waals surface area contributed by atoms with Crippen LogP contribution in [0.2, 0.25) is 0 Å². The standard InChI is InChI=1S/C47H84O12S/c1-3-5-7-9-11-13-15-17-18-19-20-21-22-24-26-28-30-32-34-36-43(49)58-40(38-57-47-46(52)45(51)44(50)41(59-47)39-60(53,54)55)37-56-42(48)35-33-31-29-27-25-23-16-14-12-10-8-6-4-2/h11,13,17-18,20-21,40-41,44-47,50-52H,3-10,12,14-16,19,22-39H2,1-2H3,(H,53,54,55)/b13-11-,18-17-,21-20-. The van der Waals surface area contributed by atoms with Crippen molar-refractivity contribution in [3.8, 4) is 0 Å². The molecule has 0 aromatic carbocycles. The van der Waals surface area contributed by atoms with Crippen LogP contribution in [0.15, 0.2) is 36.5 Å². The van der Waals surface area contributed by atoms with Crippen LogP contribution >= 0.6 is 0 Å². The Balaban J connectivity index is 2.43. The van der Waals surface area contributed by atoms with Crippen LogP contribution in [0.4, 0.5) is 0 Å². The van der Waals surface area contributed by atoms with Gasteiger partial charge in [-0.3, -0.25) is 14.1 Å². The SMILES string of the molecule is CCCCC/C=C\C/C=C\C/C=C\CCCCCCCCC(=O)OC(COC(=O)CCCCCCCCCCCCCCC)COC1OC(CS(=O)(=O)O)C(O)C(O)C1O.